The van der Waals surface area contributed by atoms with Crippen LogP contribution in [0.1, 0.15) is 0 Å². The van der Waals surface area contributed by atoms with Crippen molar-refractivity contribution in [3.63, 3.8) is 0 Å². The molecule has 0 aliphatic rings. The number of aromatic amines is 1. The predicted molar refractivity (Wildman–Crippen MR) is 61.9 cm³/mol. The van der Waals surface area contributed by atoms with E-state index >= 15 is 0 Å². The number of benzene rings is 1. The first kappa shape index (κ1) is 9.62. The fraction of sp³-hybridized carbons (Fsp3) is 0. The number of halogens is 1. The van der Waals surface area contributed by atoms with Crippen molar-refractivity contribution in [1.29, 1.82) is 0 Å². The van der Waals surface area contributed by atoms with Gasteiger partial charge in [-0.05, 0) is 36.5 Å². The van der Waals surface area contributed by atoms with Gasteiger partial charge in [-0.3, -0.25) is 0 Å². The van der Waals surface area contributed by atoms with Gasteiger partial charge in [0.1, 0.15) is 5.58 Å². The van der Waals surface area contributed by atoms with E-state index in [-0.39, 0.29) is 4.84 Å². The smallest absolute Gasteiger partial charge is 0.284 e. The Hall–Kier alpha value is -1.59. The summed E-state index contributed by atoms with van der Waals surface area (Å²) in [5.41, 5.74) is 0.725. The zero-order valence-corrected chi connectivity index (χ0v) is 9.43. The van der Waals surface area contributed by atoms with E-state index in [4.69, 9.17) is 32.7 Å². The molecule has 6 heteroatoms. The third-order valence-corrected chi connectivity index (χ3v) is 2.54. The maximum absolute atomic E-state index is 5.87. The molecular weight excluding hydrogens is 248 g/mol. The van der Waals surface area contributed by atoms with Gasteiger partial charge in [0, 0.05) is 10.4 Å². The first-order chi connectivity index (χ1) is 7.72. The maximum atomic E-state index is 5.87. The van der Waals surface area contributed by atoms with E-state index in [0.29, 0.717) is 16.7 Å². The molecule has 1 aromatic carbocycles. The van der Waals surface area contributed by atoms with Crippen molar-refractivity contribution < 1.29 is 8.83 Å². The van der Waals surface area contributed by atoms with Gasteiger partial charge in [-0.2, -0.15) is 0 Å². The highest BCUT2D eigenvalue weighted by molar-refractivity contribution is 7.71. The number of rotatable bonds is 1. The summed E-state index contributed by atoms with van der Waals surface area (Å²) >= 11 is 10.7. The van der Waals surface area contributed by atoms with Crippen LogP contribution < -0.4 is 0 Å². The Labute approximate surface area is 99.8 Å². The molecule has 80 valence electrons. The molecule has 4 nitrogen and oxygen atoms in total. The highest BCUT2D eigenvalue weighted by Gasteiger charge is 2.10. The van der Waals surface area contributed by atoms with Crippen molar-refractivity contribution in [2.45, 2.75) is 0 Å². The van der Waals surface area contributed by atoms with Gasteiger partial charge in [0.05, 0.1) is 0 Å². The third kappa shape index (κ3) is 1.54. The number of furan rings is 1. The second-order valence-electron chi connectivity index (χ2n) is 3.21. The second-order valence-corrected chi connectivity index (χ2v) is 4.02. The molecule has 0 fully saturated rings. The molecule has 0 atom stereocenters. The first-order valence-electron chi connectivity index (χ1n) is 4.47. The average Bonchev–Trinajstić information content (AvgIpc) is 2.83. The van der Waals surface area contributed by atoms with Gasteiger partial charge in [-0.25, -0.2) is 5.10 Å². The van der Waals surface area contributed by atoms with Crippen molar-refractivity contribution >= 4 is 34.8 Å². The summed E-state index contributed by atoms with van der Waals surface area (Å²) in [6.45, 7) is 0. The van der Waals surface area contributed by atoms with Crippen LogP contribution in [0, 0.1) is 4.84 Å². The zero-order valence-electron chi connectivity index (χ0n) is 7.86. The summed E-state index contributed by atoms with van der Waals surface area (Å²) in [5, 5.41) is 7.97. The van der Waals surface area contributed by atoms with E-state index in [1.807, 2.05) is 6.07 Å². The molecule has 0 unspecified atom stereocenters. The molecule has 0 aliphatic heterocycles. The highest BCUT2D eigenvalue weighted by Crippen LogP contribution is 2.28. The standard InChI is InChI=1S/C10H5ClN2O2S/c11-6-1-2-7-5(3-6)4-8(14-7)9-12-13-10(16)15-9/h1-4H,(H,13,16). The lowest BCUT2D eigenvalue weighted by atomic mass is 10.2. The predicted octanol–water partition coefficient (Wildman–Crippen LogP) is 3.80. The largest absolute Gasteiger partial charge is 0.451 e. The minimum absolute atomic E-state index is 0.216. The van der Waals surface area contributed by atoms with Crippen molar-refractivity contribution in [3.05, 3.63) is 34.1 Å². The van der Waals surface area contributed by atoms with Crippen LogP contribution in [0.3, 0.4) is 0 Å². The number of hydrogen-bond donors (Lipinski definition) is 1. The summed E-state index contributed by atoms with van der Waals surface area (Å²) in [4.78, 5) is 0.216. The van der Waals surface area contributed by atoms with Gasteiger partial charge >= 0.3 is 0 Å². The van der Waals surface area contributed by atoms with E-state index in [0.717, 1.165) is 11.0 Å². The van der Waals surface area contributed by atoms with Crippen LogP contribution in [0.2, 0.25) is 5.02 Å². The molecule has 2 aromatic heterocycles. The van der Waals surface area contributed by atoms with E-state index in [1.165, 1.54) is 0 Å². The number of nitrogens with zero attached hydrogens (tertiary/aromatic N) is 1. The Bertz CT molecular complexity index is 713. The molecule has 16 heavy (non-hydrogen) atoms. The Morgan fingerprint density at radius 3 is 2.88 bits per heavy atom. The molecule has 1 N–H and O–H groups in total. The van der Waals surface area contributed by atoms with E-state index in [1.54, 1.807) is 18.2 Å². The summed E-state index contributed by atoms with van der Waals surface area (Å²) in [6.07, 6.45) is 0. The van der Waals surface area contributed by atoms with Gasteiger partial charge in [0.25, 0.3) is 10.7 Å². The SMILES string of the molecule is S=c1[nH]nc(-c2cc3cc(Cl)ccc3o2)o1. The molecule has 0 radical (unpaired) electrons. The van der Waals surface area contributed by atoms with Crippen LogP contribution in [0.5, 0.6) is 0 Å². The van der Waals surface area contributed by atoms with Crippen LogP contribution in [0.25, 0.3) is 22.6 Å². The number of hydrogen-bond acceptors (Lipinski definition) is 4. The van der Waals surface area contributed by atoms with Crippen molar-refractivity contribution in [3.8, 4) is 11.7 Å². The average molecular weight is 253 g/mol. The lowest BCUT2D eigenvalue weighted by Crippen LogP contribution is -1.71. The summed E-state index contributed by atoms with van der Waals surface area (Å²) in [6, 6.07) is 7.17. The maximum Gasteiger partial charge on any atom is 0.284 e. The Balaban J connectivity index is 2.22. The summed E-state index contributed by atoms with van der Waals surface area (Å²) in [7, 11) is 0. The van der Waals surface area contributed by atoms with Crippen molar-refractivity contribution in [2.24, 2.45) is 0 Å². The summed E-state index contributed by atoms with van der Waals surface area (Å²) in [5.74, 6) is 0.849. The van der Waals surface area contributed by atoms with Gasteiger partial charge in [-0.1, -0.05) is 11.6 Å². The number of H-pyrrole nitrogens is 1. The topological polar surface area (TPSA) is 55.0 Å². The Morgan fingerprint density at radius 2 is 2.12 bits per heavy atom. The van der Waals surface area contributed by atoms with Gasteiger partial charge in [0.2, 0.25) is 0 Å². The minimum atomic E-state index is 0.216. The van der Waals surface area contributed by atoms with Crippen LogP contribution in [-0.2, 0) is 0 Å². The van der Waals surface area contributed by atoms with Crippen molar-refractivity contribution in [2.75, 3.05) is 0 Å². The Kier molecular flexibility index (Phi) is 2.08. The normalized spacial score (nSPS) is 11.1. The lowest BCUT2D eigenvalue weighted by Gasteiger charge is -1.87. The van der Waals surface area contributed by atoms with Gasteiger partial charge < -0.3 is 8.83 Å². The van der Waals surface area contributed by atoms with Crippen molar-refractivity contribution in [1.82, 2.24) is 10.2 Å². The van der Waals surface area contributed by atoms with Crippen LogP contribution >= 0.6 is 23.8 Å². The number of nitrogens with one attached hydrogen (secondary N) is 1. The minimum Gasteiger partial charge on any atom is -0.451 e. The molecule has 0 saturated heterocycles. The monoisotopic (exact) mass is 252 g/mol. The van der Waals surface area contributed by atoms with Crippen LogP contribution in [-0.4, -0.2) is 10.2 Å². The fourth-order valence-electron chi connectivity index (χ4n) is 1.45. The van der Waals surface area contributed by atoms with Gasteiger partial charge in [-0.15, -0.1) is 5.10 Å². The fourth-order valence-corrected chi connectivity index (χ4v) is 1.76. The molecule has 0 saturated carbocycles. The second kappa shape index (κ2) is 3.47. The van der Waals surface area contributed by atoms with E-state index in [2.05, 4.69) is 10.2 Å². The quantitative estimate of drug-likeness (QED) is 0.670. The first-order valence-corrected chi connectivity index (χ1v) is 5.26. The molecule has 3 rings (SSSR count). The number of aromatic nitrogens is 2. The van der Waals surface area contributed by atoms with Crippen LogP contribution in [0.15, 0.2) is 33.1 Å². The molecule has 0 spiro atoms. The molecule has 0 bridgehead atoms. The molecule has 0 amide bonds. The third-order valence-electron chi connectivity index (χ3n) is 2.13. The molecular formula is C10H5ClN2O2S. The highest BCUT2D eigenvalue weighted by atomic mass is 35.5. The lowest BCUT2D eigenvalue weighted by molar-refractivity contribution is 0.520. The van der Waals surface area contributed by atoms with E-state index < -0.39 is 0 Å². The molecule has 0 aliphatic carbocycles. The molecule has 2 heterocycles. The Morgan fingerprint density at radius 1 is 1.25 bits per heavy atom. The van der Waals surface area contributed by atoms with Crippen LogP contribution in [0.4, 0.5) is 0 Å². The summed E-state index contributed by atoms with van der Waals surface area (Å²) < 4.78 is 10.7. The molecule has 3 aromatic rings. The zero-order chi connectivity index (χ0) is 11.1. The van der Waals surface area contributed by atoms with Gasteiger partial charge in [0.15, 0.2) is 5.76 Å². The van der Waals surface area contributed by atoms with E-state index in [9.17, 15) is 0 Å². The number of fused-ring (bicyclic) bond motifs is 1.